The van der Waals surface area contributed by atoms with E-state index in [9.17, 15) is 9.36 Å². The minimum absolute atomic E-state index is 0.132. The summed E-state index contributed by atoms with van der Waals surface area (Å²) in [5.74, 6) is -0.150. The highest BCUT2D eigenvalue weighted by molar-refractivity contribution is 7.52. The van der Waals surface area contributed by atoms with Crippen LogP contribution in [0.1, 0.15) is 12.5 Å². The molecule has 0 heterocycles. The first-order valence-corrected chi connectivity index (χ1v) is 10.4. The Balaban J connectivity index is 1.67. The van der Waals surface area contributed by atoms with Crippen LogP contribution < -0.4 is 9.61 Å². The maximum Gasteiger partial charge on any atom is 0.459 e. The summed E-state index contributed by atoms with van der Waals surface area (Å²) in [6.07, 6.45) is 0. The molecule has 28 heavy (non-hydrogen) atoms. The van der Waals surface area contributed by atoms with E-state index >= 15 is 0 Å². The fraction of sp³-hybridized carbons (Fsp3) is 0.190. The average molecular weight is 399 g/mol. The fourth-order valence-electron chi connectivity index (χ4n) is 2.66. The van der Waals surface area contributed by atoms with Crippen LogP contribution in [0.5, 0.6) is 5.75 Å². The molecule has 6 nitrogen and oxygen atoms in total. The van der Waals surface area contributed by atoms with Crippen LogP contribution in [0.25, 0.3) is 10.8 Å². The van der Waals surface area contributed by atoms with Gasteiger partial charge in [0.1, 0.15) is 18.4 Å². The number of hydrogen-bond donors (Lipinski definition) is 1. The number of benzene rings is 3. The van der Waals surface area contributed by atoms with E-state index in [1.807, 2.05) is 60.7 Å². The molecular weight excluding hydrogens is 377 g/mol. The van der Waals surface area contributed by atoms with E-state index in [2.05, 4.69) is 5.09 Å². The SMILES string of the molecule is COP(=O)(NC(C)C(=O)OCc1ccccc1)Oc1cccc2ccccc12. The van der Waals surface area contributed by atoms with Crippen molar-refractivity contribution >= 4 is 24.5 Å². The van der Waals surface area contributed by atoms with E-state index in [-0.39, 0.29) is 6.61 Å². The normalized spacial score (nSPS) is 14.2. The zero-order chi connectivity index (χ0) is 20.0. The summed E-state index contributed by atoms with van der Waals surface area (Å²) in [7, 11) is -2.52. The molecule has 0 bridgehead atoms. The van der Waals surface area contributed by atoms with E-state index in [1.165, 1.54) is 7.11 Å². The minimum atomic E-state index is -3.78. The second-order valence-electron chi connectivity index (χ2n) is 6.19. The van der Waals surface area contributed by atoms with Gasteiger partial charge in [0.25, 0.3) is 0 Å². The molecule has 0 saturated carbocycles. The van der Waals surface area contributed by atoms with Crippen LogP contribution >= 0.6 is 7.75 Å². The van der Waals surface area contributed by atoms with Gasteiger partial charge in [-0.25, -0.2) is 4.57 Å². The Bertz CT molecular complexity index is 987. The Morgan fingerprint density at radius 1 is 1.00 bits per heavy atom. The van der Waals surface area contributed by atoms with Crippen LogP contribution in [0.15, 0.2) is 72.8 Å². The van der Waals surface area contributed by atoms with Crippen molar-refractivity contribution in [1.82, 2.24) is 5.09 Å². The Morgan fingerprint density at radius 2 is 1.68 bits per heavy atom. The van der Waals surface area contributed by atoms with E-state index in [4.69, 9.17) is 13.8 Å². The van der Waals surface area contributed by atoms with Crippen LogP contribution in [0.2, 0.25) is 0 Å². The molecule has 3 rings (SSSR count). The standard InChI is InChI=1S/C21H22NO5P/c1-16(21(23)26-15-17-9-4-3-5-10-17)22-28(24,25-2)27-20-14-8-12-18-11-6-7-13-19(18)20/h3-14,16H,15H2,1-2H3,(H,22,24). The van der Waals surface area contributed by atoms with Crippen LogP contribution in [0, 0.1) is 0 Å². The lowest BCUT2D eigenvalue weighted by Crippen LogP contribution is -2.34. The van der Waals surface area contributed by atoms with Crippen LogP contribution in [0.3, 0.4) is 0 Å². The van der Waals surface area contributed by atoms with Crippen molar-refractivity contribution in [1.29, 1.82) is 0 Å². The monoisotopic (exact) mass is 399 g/mol. The number of hydrogen-bond acceptors (Lipinski definition) is 5. The first-order chi connectivity index (χ1) is 13.5. The summed E-state index contributed by atoms with van der Waals surface area (Å²) in [6, 6.07) is 21.4. The van der Waals surface area contributed by atoms with Crippen molar-refractivity contribution in [3.8, 4) is 5.75 Å². The lowest BCUT2D eigenvalue weighted by atomic mass is 10.1. The molecule has 2 unspecified atom stereocenters. The molecule has 3 aromatic rings. The molecule has 0 aromatic heterocycles. The van der Waals surface area contributed by atoms with Gasteiger partial charge in [0.15, 0.2) is 0 Å². The van der Waals surface area contributed by atoms with Crippen molar-refractivity contribution in [2.24, 2.45) is 0 Å². The van der Waals surface area contributed by atoms with Crippen molar-refractivity contribution in [2.45, 2.75) is 19.6 Å². The Kier molecular flexibility index (Phi) is 6.47. The number of esters is 1. The highest BCUT2D eigenvalue weighted by atomic mass is 31.2. The van der Waals surface area contributed by atoms with Gasteiger partial charge in [0.05, 0.1) is 0 Å². The third kappa shape index (κ3) is 4.98. The van der Waals surface area contributed by atoms with Gasteiger partial charge < -0.3 is 9.26 Å². The third-order valence-electron chi connectivity index (χ3n) is 4.14. The predicted octanol–water partition coefficient (Wildman–Crippen LogP) is 4.69. The maximum atomic E-state index is 13.0. The largest absolute Gasteiger partial charge is 0.460 e. The van der Waals surface area contributed by atoms with Crippen molar-refractivity contribution in [3.05, 3.63) is 78.4 Å². The number of rotatable bonds is 8. The van der Waals surface area contributed by atoms with E-state index in [0.29, 0.717) is 5.75 Å². The summed E-state index contributed by atoms with van der Waals surface area (Å²) in [5, 5.41) is 4.37. The van der Waals surface area contributed by atoms with Crippen LogP contribution in [0.4, 0.5) is 0 Å². The Hall–Kier alpha value is -2.66. The summed E-state index contributed by atoms with van der Waals surface area (Å²) in [6.45, 7) is 1.68. The third-order valence-corrected chi connectivity index (χ3v) is 5.76. The van der Waals surface area contributed by atoms with E-state index < -0.39 is 19.8 Å². The number of carbonyl (C=O) groups excluding carboxylic acids is 1. The van der Waals surface area contributed by atoms with E-state index in [0.717, 1.165) is 16.3 Å². The topological polar surface area (TPSA) is 73.9 Å². The molecule has 146 valence electrons. The molecular formula is C21H22NO5P. The second-order valence-corrected chi connectivity index (χ2v) is 7.99. The summed E-state index contributed by atoms with van der Waals surface area (Å²) < 4.78 is 29.0. The summed E-state index contributed by atoms with van der Waals surface area (Å²) in [4.78, 5) is 12.3. The zero-order valence-electron chi connectivity index (χ0n) is 15.7. The molecule has 0 aliphatic heterocycles. The van der Waals surface area contributed by atoms with Gasteiger partial charge in [0.2, 0.25) is 0 Å². The van der Waals surface area contributed by atoms with Gasteiger partial charge in [-0.3, -0.25) is 9.32 Å². The summed E-state index contributed by atoms with van der Waals surface area (Å²) >= 11 is 0. The quantitative estimate of drug-likeness (QED) is 0.437. The van der Waals surface area contributed by atoms with Crippen molar-refractivity contribution in [3.63, 3.8) is 0 Å². The molecule has 2 atom stereocenters. The molecule has 3 aromatic carbocycles. The number of ether oxygens (including phenoxy) is 1. The average Bonchev–Trinajstić information content (AvgIpc) is 2.73. The van der Waals surface area contributed by atoms with Crippen LogP contribution in [-0.2, 0) is 25.2 Å². The van der Waals surface area contributed by atoms with Gasteiger partial charge in [0, 0.05) is 12.5 Å². The molecule has 0 radical (unpaired) electrons. The second kappa shape index (κ2) is 9.02. The van der Waals surface area contributed by atoms with Gasteiger partial charge >= 0.3 is 13.7 Å². The molecule has 0 aliphatic rings. The fourth-order valence-corrected chi connectivity index (χ4v) is 3.90. The number of fused-ring (bicyclic) bond motifs is 1. The highest BCUT2D eigenvalue weighted by Crippen LogP contribution is 2.45. The number of nitrogens with one attached hydrogen (secondary N) is 1. The zero-order valence-corrected chi connectivity index (χ0v) is 16.6. The van der Waals surface area contributed by atoms with Gasteiger partial charge in [-0.15, -0.1) is 0 Å². The Morgan fingerprint density at radius 3 is 2.43 bits per heavy atom. The molecule has 0 fully saturated rings. The van der Waals surface area contributed by atoms with Crippen molar-refractivity contribution in [2.75, 3.05) is 7.11 Å². The number of carbonyl (C=O) groups is 1. The molecule has 0 aliphatic carbocycles. The highest BCUT2D eigenvalue weighted by Gasteiger charge is 2.31. The van der Waals surface area contributed by atoms with Gasteiger partial charge in [-0.2, -0.15) is 5.09 Å². The van der Waals surface area contributed by atoms with Crippen LogP contribution in [-0.4, -0.2) is 19.1 Å². The predicted molar refractivity (Wildman–Crippen MR) is 108 cm³/mol. The molecule has 1 N–H and O–H groups in total. The first-order valence-electron chi connectivity index (χ1n) is 8.82. The molecule has 0 amide bonds. The lowest BCUT2D eigenvalue weighted by molar-refractivity contribution is -0.146. The molecule has 7 heteroatoms. The first kappa shape index (κ1) is 20.1. The summed E-state index contributed by atoms with van der Waals surface area (Å²) in [5.41, 5.74) is 0.866. The minimum Gasteiger partial charge on any atom is -0.460 e. The maximum absolute atomic E-state index is 13.0. The Labute approximate surface area is 164 Å². The molecule has 0 spiro atoms. The van der Waals surface area contributed by atoms with Gasteiger partial charge in [-0.1, -0.05) is 66.7 Å². The lowest BCUT2D eigenvalue weighted by Gasteiger charge is -2.22. The molecule has 0 saturated heterocycles. The smallest absolute Gasteiger partial charge is 0.459 e. The van der Waals surface area contributed by atoms with Crippen molar-refractivity contribution < 1.29 is 23.1 Å². The van der Waals surface area contributed by atoms with Gasteiger partial charge in [-0.05, 0) is 23.9 Å². The van der Waals surface area contributed by atoms with E-state index in [1.54, 1.807) is 19.1 Å².